The molecule has 4 rings (SSSR count). The quantitative estimate of drug-likeness (QED) is 0.336. The van der Waals surface area contributed by atoms with Crippen molar-refractivity contribution in [2.45, 2.75) is 25.1 Å². The first kappa shape index (κ1) is 27.5. The second kappa shape index (κ2) is 11.4. The van der Waals surface area contributed by atoms with Crippen LogP contribution in [0.2, 0.25) is 0 Å². The molecule has 1 aromatic heterocycles. The molecule has 1 amide bonds. The largest absolute Gasteiger partial charge is 0.482 e. The molecular formula is C27H24F3N3O6. The van der Waals surface area contributed by atoms with Crippen molar-refractivity contribution in [2.75, 3.05) is 18.6 Å². The zero-order chi connectivity index (χ0) is 28.2. The van der Waals surface area contributed by atoms with Crippen LogP contribution in [0.4, 0.5) is 13.2 Å². The Balaban J connectivity index is 1.75. The van der Waals surface area contributed by atoms with E-state index in [1.807, 2.05) is 0 Å². The van der Waals surface area contributed by atoms with Gasteiger partial charge in [0, 0.05) is 43.5 Å². The van der Waals surface area contributed by atoms with Crippen molar-refractivity contribution in [3.63, 3.8) is 0 Å². The highest BCUT2D eigenvalue weighted by molar-refractivity contribution is 5.96. The molecule has 1 aliphatic rings. The maximum absolute atomic E-state index is 14.1. The lowest BCUT2D eigenvalue weighted by Crippen LogP contribution is -2.44. The number of carbonyl (C=O) groups is 2. The van der Waals surface area contributed by atoms with Gasteiger partial charge in [0.2, 0.25) is 11.2 Å². The number of carbonyl (C=O) groups excluding carboxylic acids is 1. The van der Waals surface area contributed by atoms with Gasteiger partial charge < -0.3 is 25.3 Å². The Morgan fingerprint density at radius 1 is 1.18 bits per heavy atom. The van der Waals surface area contributed by atoms with Gasteiger partial charge in [-0.1, -0.05) is 36.4 Å². The SMILES string of the molecule is C=CC1(Nn2cc(C(=O)NCc3c(F)cc(F)cc3F)c(=O)c(OCc3ccccc3)c2C(=O)O)CCOC1. The van der Waals surface area contributed by atoms with Gasteiger partial charge in [-0.15, -0.1) is 6.58 Å². The van der Waals surface area contributed by atoms with Crippen LogP contribution in [-0.4, -0.2) is 40.4 Å². The number of nitrogens with zero attached hydrogens (tertiary/aromatic N) is 1. The van der Waals surface area contributed by atoms with Gasteiger partial charge in [0.1, 0.15) is 29.6 Å². The van der Waals surface area contributed by atoms with Crippen LogP contribution in [0.1, 0.15) is 38.4 Å². The fourth-order valence-corrected chi connectivity index (χ4v) is 4.03. The van der Waals surface area contributed by atoms with Gasteiger partial charge >= 0.3 is 5.97 Å². The van der Waals surface area contributed by atoms with Gasteiger partial charge in [0.15, 0.2) is 5.69 Å². The minimum Gasteiger partial charge on any atom is -0.482 e. The van der Waals surface area contributed by atoms with Crippen molar-refractivity contribution in [3.8, 4) is 5.75 Å². The molecule has 204 valence electrons. The number of rotatable bonds is 10. The van der Waals surface area contributed by atoms with Crippen molar-refractivity contribution in [1.82, 2.24) is 9.99 Å². The minimum absolute atomic E-state index is 0.131. The van der Waals surface area contributed by atoms with Crippen molar-refractivity contribution in [3.05, 3.63) is 111 Å². The lowest BCUT2D eigenvalue weighted by Gasteiger charge is -2.29. The molecule has 1 unspecified atom stereocenters. The predicted molar refractivity (Wildman–Crippen MR) is 134 cm³/mol. The van der Waals surface area contributed by atoms with Crippen LogP contribution in [0.5, 0.6) is 5.75 Å². The number of halogens is 3. The van der Waals surface area contributed by atoms with Crippen molar-refractivity contribution >= 4 is 11.9 Å². The van der Waals surface area contributed by atoms with Crippen LogP contribution in [-0.2, 0) is 17.9 Å². The summed E-state index contributed by atoms with van der Waals surface area (Å²) < 4.78 is 53.4. The highest BCUT2D eigenvalue weighted by Gasteiger charge is 2.35. The first-order valence-electron chi connectivity index (χ1n) is 11.7. The van der Waals surface area contributed by atoms with Gasteiger partial charge in [-0.05, 0) is 5.56 Å². The van der Waals surface area contributed by atoms with Crippen molar-refractivity contribution in [2.24, 2.45) is 0 Å². The van der Waals surface area contributed by atoms with E-state index in [1.54, 1.807) is 30.3 Å². The molecule has 2 heterocycles. The summed E-state index contributed by atoms with van der Waals surface area (Å²) in [6.45, 7) is 3.35. The number of ether oxygens (including phenoxy) is 2. The molecular weight excluding hydrogens is 519 g/mol. The predicted octanol–water partition coefficient (Wildman–Crippen LogP) is 3.36. The Labute approximate surface area is 220 Å². The Bertz CT molecular complexity index is 1450. The molecule has 0 bridgehead atoms. The smallest absolute Gasteiger partial charge is 0.358 e. The van der Waals surface area contributed by atoms with E-state index in [2.05, 4.69) is 17.3 Å². The number of nitrogens with one attached hydrogen (secondary N) is 2. The van der Waals surface area contributed by atoms with Crippen LogP contribution in [0.3, 0.4) is 0 Å². The van der Waals surface area contributed by atoms with Gasteiger partial charge in [0.05, 0.1) is 12.1 Å². The Kier molecular flexibility index (Phi) is 8.05. The topological polar surface area (TPSA) is 119 Å². The minimum atomic E-state index is -1.52. The summed E-state index contributed by atoms with van der Waals surface area (Å²) in [5.41, 5.74) is -0.205. The van der Waals surface area contributed by atoms with Crippen LogP contribution in [0.25, 0.3) is 0 Å². The van der Waals surface area contributed by atoms with Crippen LogP contribution < -0.4 is 20.9 Å². The van der Waals surface area contributed by atoms with E-state index < -0.39 is 69.4 Å². The third-order valence-electron chi connectivity index (χ3n) is 6.16. The Hall–Kier alpha value is -4.58. The molecule has 3 aromatic rings. The third-order valence-corrected chi connectivity index (χ3v) is 6.16. The first-order chi connectivity index (χ1) is 18.6. The number of benzene rings is 2. The molecule has 3 N–H and O–H groups in total. The molecule has 0 radical (unpaired) electrons. The van der Waals surface area contributed by atoms with Crippen LogP contribution >= 0.6 is 0 Å². The van der Waals surface area contributed by atoms with Crippen molar-refractivity contribution < 1.29 is 37.3 Å². The molecule has 12 heteroatoms. The molecule has 9 nitrogen and oxygen atoms in total. The standard InChI is InChI=1S/C27H24F3N3O6/c1-2-27(8-9-38-15-27)32-33-13-19(25(35)31-12-18-20(29)10-17(28)11-21(18)30)23(34)24(22(33)26(36)37)39-14-16-6-4-3-5-7-16/h2-7,10-11,13,32H,1,8-9,12,14-15H2,(H,31,35)(H,36,37). The third kappa shape index (κ3) is 5.96. The fraction of sp³-hybridized carbons (Fsp3) is 0.222. The van der Waals surface area contributed by atoms with Crippen LogP contribution in [0, 0.1) is 17.5 Å². The molecule has 1 aliphatic heterocycles. The van der Waals surface area contributed by atoms with Gasteiger partial charge in [-0.25, -0.2) is 18.0 Å². The van der Waals surface area contributed by atoms with E-state index >= 15 is 0 Å². The van der Waals surface area contributed by atoms with E-state index in [9.17, 15) is 32.7 Å². The molecule has 39 heavy (non-hydrogen) atoms. The Morgan fingerprint density at radius 3 is 2.46 bits per heavy atom. The number of carboxylic acids is 1. The van der Waals surface area contributed by atoms with Gasteiger partial charge in [0.25, 0.3) is 5.91 Å². The van der Waals surface area contributed by atoms with Crippen LogP contribution in [0.15, 0.2) is 66.1 Å². The number of amides is 1. The summed E-state index contributed by atoms with van der Waals surface area (Å²) in [7, 11) is 0. The molecule has 1 atom stereocenters. The number of hydrogen-bond acceptors (Lipinski definition) is 6. The average molecular weight is 543 g/mol. The van der Waals surface area contributed by atoms with Gasteiger partial charge in [-0.2, -0.15) is 0 Å². The lowest BCUT2D eigenvalue weighted by atomic mass is 10.0. The zero-order valence-electron chi connectivity index (χ0n) is 20.5. The molecule has 1 saturated heterocycles. The average Bonchev–Trinajstić information content (AvgIpc) is 3.37. The maximum Gasteiger partial charge on any atom is 0.358 e. The normalized spacial score (nSPS) is 16.5. The lowest BCUT2D eigenvalue weighted by molar-refractivity contribution is 0.0677. The number of pyridine rings is 1. The molecule has 0 spiro atoms. The highest BCUT2D eigenvalue weighted by atomic mass is 19.1. The number of carboxylic acid groups (broad SMARTS) is 1. The number of aromatic carboxylic acids is 1. The first-order valence-corrected chi connectivity index (χ1v) is 11.7. The molecule has 1 fully saturated rings. The maximum atomic E-state index is 14.1. The van der Waals surface area contributed by atoms with Crippen molar-refractivity contribution in [1.29, 1.82) is 0 Å². The van der Waals surface area contributed by atoms with E-state index in [0.29, 0.717) is 30.7 Å². The van der Waals surface area contributed by atoms with E-state index in [-0.39, 0.29) is 13.2 Å². The number of hydrogen-bond donors (Lipinski definition) is 3. The number of aromatic nitrogens is 1. The zero-order valence-corrected chi connectivity index (χ0v) is 20.5. The van der Waals surface area contributed by atoms with E-state index in [4.69, 9.17) is 9.47 Å². The second-order valence-corrected chi connectivity index (χ2v) is 8.80. The molecule has 0 saturated carbocycles. The summed E-state index contributed by atoms with van der Waals surface area (Å²) in [4.78, 5) is 38.7. The monoisotopic (exact) mass is 543 g/mol. The summed E-state index contributed by atoms with van der Waals surface area (Å²) >= 11 is 0. The summed E-state index contributed by atoms with van der Waals surface area (Å²) in [5.74, 6) is -6.82. The second-order valence-electron chi connectivity index (χ2n) is 8.80. The summed E-state index contributed by atoms with van der Waals surface area (Å²) in [6, 6.07) is 9.52. The molecule has 0 aliphatic carbocycles. The van der Waals surface area contributed by atoms with Gasteiger partial charge in [-0.3, -0.25) is 14.3 Å². The fourth-order valence-electron chi connectivity index (χ4n) is 4.03. The summed E-state index contributed by atoms with van der Waals surface area (Å²) in [5, 5.41) is 12.2. The summed E-state index contributed by atoms with van der Waals surface area (Å²) in [6.07, 6.45) is 2.89. The van der Waals surface area contributed by atoms with E-state index in [0.717, 1.165) is 10.9 Å². The van der Waals surface area contributed by atoms with E-state index in [1.165, 1.54) is 6.08 Å². The highest BCUT2D eigenvalue weighted by Crippen LogP contribution is 2.24. The molecule has 2 aromatic carbocycles. The Morgan fingerprint density at radius 2 is 1.87 bits per heavy atom.